The van der Waals surface area contributed by atoms with Crippen molar-refractivity contribution >= 4 is 19.4 Å². The van der Waals surface area contributed by atoms with Gasteiger partial charge >= 0.3 is 7.82 Å². The van der Waals surface area contributed by atoms with Crippen molar-refractivity contribution in [3.8, 4) is 0 Å². The summed E-state index contributed by atoms with van der Waals surface area (Å²) in [6.45, 7) is 3.13. The minimum absolute atomic E-state index is 1.22. The van der Waals surface area contributed by atoms with Crippen LogP contribution in [0.1, 0.15) is 0 Å². The first-order valence-corrected chi connectivity index (χ1v) is 3.41. The zero-order valence-electron chi connectivity index (χ0n) is 3.86. The molecule has 0 saturated carbocycles. The molecule has 0 amide bonds. The molecule has 4 nitrogen and oxygen atoms in total. The van der Waals surface area contributed by atoms with Gasteiger partial charge in [0.15, 0.2) is 0 Å². The fourth-order valence-electron chi connectivity index (χ4n) is 0. The third-order valence-corrected chi connectivity index (χ3v) is 0. The molecule has 0 spiro atoms. The van der Waals surface area contributed by atoms with Crippen LogP contribution in [0.15, 0.2) is 12.1 Å². The second-order valence-corrected chi connectivity index (χ2v) is 2.00. The topological polar surface area (TPSA) is 77.8 Å². The van der Waals surface area contributed by atoms with Crippen LogP contribution in [-0.4, -0.2) is 14.7 Å². The number of phosphoric acid groups is 1. The van der Waals surface area contributed by atoms with Crippen LogP contribution in [0.3, 0.4) is 0 Å². The van der Waals surface area contributed by atoms with Crippen molar-refractivity contribution < 1.29 is 19.2 Å². The number of rotatable bonds is 0. The predicted molar refractivity (Wildman–Crippen MR) is 30.3 cm³/mol. The number of hydrogen-bond donors (Lipinski definition) is 3. The van der Waals surface area contributed by atoms with Crippen LogP contribution in [0, 0.1) is 0 Å². The van der Waals surface area contributed by atoms with Crippen LogP contribution >= 0.6 is 19.4 Å². The molecule has 8 heavy (non-hydrogen) atoms. The molecule has 0 bridgehead atoms. The Bertz CT molecular complexity index is 87.9. The third-order valence-electron chi connectivity index (χ3n) is 0. The van der Waals surface area contributed by atoms with Gasteiger partial charge < -0.3 is 14.7 Å². The summed E-state index contributed by atoms with van der Waals surface area (Å²) in [6, 6.07) is 0. The lowest BCUT2D eigenvalue weighted by molar-refractivity contribution is 0.275. The van der Waals surface area contributed by atoms with E-state index in [2.05, 4.69) is 6.58 Å². The molecule has 0 heterocycles. The molecule has 0 aromatic carbocycles. The van der Waals surface area contributed by atoms with Gasteiger partial charge in [-0.05, 0) is 5.54 Å². The van der Waals surface area contributed by atoms with Crippen molar-refractivity contribution in [3.63, 3.8) is 0 Å². The second-order valence-electron chi connectivity index (χ2n) is 0.668. The molecular formula is C2H6ClO4P. The monoisotopic (exact) mass is 160 g/mol. The second kappa shape index (κ2) is 5.28. The van der Waals surface area contributed by atoms with Crippen molar-refractivity contribution in [2.24, 2.45) is 0 Å². The summed E-state index contributed by atoms with van der Waals surface area (Å²) in [5.74, 6) is 0. The third kappa shape index (κ3) is 8280. The average molecular weight is 160 g/mol. The fourth-order valence-corrected chi connectivity index (χ4v) is 0. The Morgan fingerprint density at radius 1 is 1.50 bits per heavy atom. The molecule has 0 aromatic heterocycles. The molecule has 0 radical (unpaired) electrons. The molecule has 0 aliphatic heterocycles. The van der Waals surface area contributed by atoms with Crippen molar-refractivity contribution in [2.75, 3.05) is 0 Å². The molecule has 0 atom stereocenters. The first kappa shape index (κ1) is 11.0. The summed E-state index contributed by atoms with van der Waals surface area (Å²) in [5.41, 5.74) is 1.22. The van der Waals surface area contributed by atoms with Crippen LogP contribution in [-0.2, 0) is 4.57 Å². The summed E-state index contributed by atoms with van der Waals surface area (Å²) < 4.78 is 8.88. The minimum atomic E-state index is -4.64. The highest BCUT2D eigenvalue weighted by Gasteiger charge is 2.00. The Hall–Kier alpha value is 0.140. The Labute approximate surface area is 51.7 Å². The molecule has 6 heteroatoms. The molecule has 0 saturated heterocycles. The van der Waals surface area contributed by atoms with E-state index in [1.54, 1.807) is 0 Å². The Morgan fingerprint density at radius 2 is 1.50 bits per heavy atom. The first-order chi connectivity index (χ1) is 3.41. The molecule has 50 valence electrons. The van der Waals surface area contributed by atoms with Crippen molar-refractivity contribution in [1.29, 1.82) is 0 Å². The Morgan fingerprint density at radius 3 is 1.50 bits per heavy atom. The number of halogens is 1. The highest BCUT2D eigenvalue weighted by molar-refractivity contribution is 7.45. The molecule has 0 aromatic rings. The predicted octanol–water partition coefficient (Wildman–Crippen LogP) is 0.440. The van der Waals surface area contributed by atoms with Gasteiger partial charge in [-0.3, -0.25) is 0 Å². The van der Waals surface area contributed by atoms with Crippen LogP contribution in [0.5, 0.6) is 0 Å². The van der Waals surface area contributed by atoms with E-state index in [1.807, 2.05) is 0 Å². The summed E-state index contributed by atoms with van der Waals surface area (Å²) >= 11 is 4.76. The zero-order chi connectivity index (χ0) is 7.21. The lowest BCUT2D eigenvalue weighted by Crippen LogP contribution is -1.66. The molecule has 0 fully saturated rings. The normalized spacial score (nSPS) is 9.00. The van der Waals surface area contributed by atoms with E-state index in [1.165, 1.54) is 5.54 Å². The Balaban J connectivity index is 0. The van der Waals surface area contributed by atoms with E-state index in [0.717, 1.165) is 0 Å². The van der Waals surface area contributed by atoms with Gasteiger partial charge in [0, 0.05) is 0 Å². The van der Waals surface area contributed by atoms with Crippen LogP contribution in [0.4, 0.5) is 0 Å². The van der Waals surface area contributed by atoms with Gasteiger partial charge in [0.1, 0.15) is 0 Å². The first-order valence-electron chi connectivity index (χ1n) is 1.41. The fraction of sp³-hybridized carbons (Fsp3) is 0. The summed E-state index contributed by atoms with van der Waals surface area (Å²) in [7, 11) is -4.64. The van der Waals surface area contributed by atoms with E-state index in [4.69, 9.17) is 30.8 Å². The van der Waals surface area contributed by atoms with Crippen molar-refractivity contribution in [1.82, 2.24) is 0 Å². The number of hydrogen-bond acceptors (Lipinski definition) is 1. The molecule has 0 aliphatic carbocycles. The maximum atomic E-state index is 8.88. The van der Waals surface area contributed by atoms with E-state index < -0.39 is 7.82 Å². The average Bonchev–Trinajstić information content (AvgIpc) is 1.27. The van der Waals surface area contributed by atoms with Gasteiger partial charge in [-0.15, -0.1) is 0 Å². The van der Waals surface area contributed by atoms with E-state index >= 15 is 0 Å². The summed E-state index contributed by atoms with van der Waals surface area (Å²) in [6.07, 6.45) is 0. The van der Waals surface area contributed by atoms with Crippen LogP contribution in [0.25, 0.3) is 0 Å². The highest BCUT2D eigenvalue weighted by atomic mass is 35.5. The molecule has 0 rings (SSSR count). The minimum Gasteiger partial charge on any atom is -0.303 e. The largest absolute Gasteiger partial charge is 0.466 e. The molecular weight excluding hydrogens is 154 g/mol. The summed E-state index contributed by atoms with van der Waals surface area (Å²) in [4.78, 5) is 21.6. The van der Waals surface area contributed by atoms with Crippen molar-refractivity contribution in [2.45, 2.75) is 0 Å². The van der Waals surface area contributed by atoms with E-state index in [0.29, 0.717) is 0 Å². The van der Waals surface area contributed by atoms with E-state index in [-0.39, 0.29) is 0 Å². The van der Waals surface area contributed by atoms with Gasteiger partial charge in [0.05, 0.1) is 0 Å². The van der Waals surface area contributed by atoms with Gasteiger partial charge in [-0.2, -0.15) is 0 Å². The van der Waals surface area contributed by atoms with Gasteiger partial charge in [-0.25, -0.2) is 4.57 Å². The molecule has 0 aliphatic rings. The maximum Gasteiger partial charge on any atom is 0.466 e. The quantitative estimate of drug-likeness (QED) is 0.450. The van der Waals surface area contributed by atoms with Crippen LogP contribution < -0.4 is 0 Å². The molecule has 3 N–H and O–H groups in total. The molecule has 0 unspecified atom stereocenters. The SMILES string of the molecule is C=CCl.O=P(O)(O)O. The highest BCUT2D eigenvalue weighted by Crippen LogP contribution is 2.25. The van der Waals surface area contributed by atoms with Gasteiger partial charge in [0.2, 0.25) is 0 Å². The van der Waals surface area contributed by atoms with Gasteiger partial charge in [0.25, 0.3) is 0 Å². The maximum absolute atomic E-state index is 8.88. The zero-order valence-corrected chi connectivity index (χ0v) is 5.51. The lowest BCUT2D eigenvalue weighted by Gasteiger charge is -1.82. The smallest absolute Gasteiger partial charge is 0.303 e. The standard InChI is InChI=1S/C2H3Cl.H3O4P/c1-2-3;1-5(2,3)4/h2H,1H2;(H3,1,2,3,4). The van der Waals surface area contributed by atoms with Crippen molar-refractivity contribution in [3.05, 3.63) is 12.1 Å². The van der Waals surface area contributed by atoms with E-state index in [9.17, 15) is 0 Å². The summed E-state index contributed by atoms with van der Waals surface area (Å²) in [5, 5.41) is 0. The van der Waals surface area contributed by atoms with Crippen LogP contribution in [0.2, 0.25) is 0 Å². The Kier molecular flexibility index (Phi) is 7.26. The van der Waals surface area contributed by atoms with Gasteiger partial charge in [-0.1, -0.05) is 18.2 Å². The lowest BCUT2D eigenvalue weighted by atomic mass is 11.3.